The molecule has 3 aromatic rings. The molecule has 0 spiro atoms. The number of aromatic nitrogens is 3. The van der Waals surface area contributed by atoms with Crippen molar-refractivity contribution in [1.82, 2.24) is 14.8 Å². The summed E-state index contributed by atoms with van der Waals surface area (Å²) in [5.74, 6) is 0.124. The highest BCUT2D eigenvalue weighted by Gasteiger charge is 2.23. The standard InChI is InChI=1S/C20H24Cl2N4O2S/c1-10(2)7-13(21)18(27)25-20-24-15-5-6-16-12(17(15)29-20)9-23-26(16)19(28)14(22)8-11(3)4/h5-6,9-11,13-14H,7-8H2,1-4H3,(H,24,25,27). The molecule has 0 bridgehead atoms. The first-order valence-electron chi connectivity index (χ1n) is 9.57. The number of alkyl halides is 2. The van der Waals surface area contributed by atoms with Crippen molar-refractivity contribution >= 4 is 72.6 Å². The predicted molar refractivity (Wildman–Crippen MR) is 120 cm³/mol. The number of amides is 1. The van der Waals surface area contributed by atoms with Gasteiger partial charge in [0.15, 0.2) is 5.13 Å². The van der Waals surface area contributed by atoms with E-state index in [1.54, 1.807) is 12.3 Å². The molecule has 9 heteroatoms. The quantitative estimate of drug-likeness (QED) is 0.475. The van der Waals surface area contributed by atoms with Gasteiger partial charge in [0, 0.05) is 5.39 Å². The van der Waals surface area contributed by atoms with Crippen LogP contribution in [0.4, 0.5) is 5.13 Å². The number of benzene rings is 1. The van der Waals surface area contributed by atoms with Crippen molar-refractivity contribution in [3.63, 3.8) is 0 Å². The largest absolute Gasteiger partial charge is 0.301 e. The van der Waals surface area contributed by atoms with Gasteiger partial charge in [-0.25, -0.2) is 4.98 Å². The minimum atomic E-state index is -0.633. The molecule has 0 aliphatic carbocycles. The molecule has 0 aliphatic heterocycles. The maximum absolute atomic E-state index is 12.7. The van der Waals surface area contributed by atoms with Crippen LogP contribution in [0.1, 0.15) is 45.3 Å². The van der Waals surface area contributed by atoms with Gasteiger partial charge in [-0.2, -0.15) is 9.78 Å². The molecule has 1 amide bonds. The number of hydrogen-bond donors (Lipinski definition) is 1. The molecule has 0 saturated heterocycles. The summed E-state index contributed by atoms with van der Waals surface area (Å²) in [5.41, 5.74) is 1.40. The lowest BCUT2D eigenvalue weighted by molar-refractivity contribution is -0.116. The van der Waals surface area contributed by atoms with E-state index in [0.717, 1.165) is 15.6 Å². The number of nitrogens with zero attached hydrogens (tertiary/aromatic N) is 3. The third-order valence-corrected chi connectivity index (χ3v) is 6.21. The molecule has 3 rings (SSSR count). The molecule has 1 N–H and O–H groups in total. The SMILES string of the molecule is CC(C)CC(Cl)C(=O)Nc1nc2ccc3c(cnn3C(=O)C(Cl)CC(C)C)c2s1. The molecule has 2 aromatic heterocycles. The fourth-order valence-corrected chi connectivity index (χ4v) is 4.90. The Morgan fingerprint density at radius 1 is 1.10 bits per heavy atom. The van der Waals surface area contributed by atoms with Crippen molar-refractivity contribution in [3.05, 3.63) is 18.3 Å². The second kappa shape index (κ2) is 8.98. The fourth-order valence-electron chi connectivity index (χ4n) is 3.07. The molecule has 6 nitrogen and oxygen atoms in total. The zero-order valence-corrected chi connectivity index (χ0v) is 19.1. The van der Waals surface area contributed by atoms with Crippen LogP contribution in [0.3, 0.4) is 0 Å². The lowest BCUT2D eigenvalue weighted by atomic mass is 10.1. The second-order valence-electron chi connectivity index (χ2n) is 7.94. The van der Waals surface area contributed by atoms with E-state index >= 15 is 0 Å². The Hall–Kier alpha value is -1.70. The second-order valence-corrected chi connectivity index (χ2v) is 10.00. The van der Waals surface area contributed by atoms with Crippen LogP contribution in [-0.2, 0) is 4.79 Å². The first kappa shape index (κ1) is 22.0. The Morgan fingerprint density at radius 3 is 2.41 bits per heavy atom. The number of halogens is 2. The maximum atomic E-state index is 12.7. The van der Waals surface area contributed by atoms with Crippen molar-refractivity contribution < 1.29 is 9.59 Å². The summed E-state index contributed by atoms with van der Waals surface area (Å²) in [6.07, 6.45) is 2.81. The molecule has 2 unspecified atom stereocenters. The Balaban J connectivity index is 1.88. The molecule has 29 heavy (non-hydrogen) atoms. The zero-order valence-electron chi connectivity index (χ0n) is 16.8. The molecule has 2 heterocycles. The number of carbonyl (C=O) groups is 2. The van der Waals surface area contributed by atoms with Gasteiger partial charge in [0.2, 0.25) is 5.91 Å². The summed E-state index contributed by atoms with van der Waals surface area (Å²) >= 11 is 13.8. The van der Waals surface area contributed by atoms with E-state index in [9.17, 15) is 9.59 Å². The first-order chi connectivity index (χ1) is 13.7. The lowest BCUT2D eigenvalue weighted by Crippen LogP contribution is -2.24. The lowest BCUT2D eigenvalue weighted by Gasteiger charge is -2.11. The number of carbonyl (C=O) groups excluding carboxylic acids is 2. The first-order valence-corrected chi connectivity index (χ1v) is 11.3. The van der Waals surface area contributed by atoms with E-state index in [4.69, 9.17) is 23.2 Å². The van der Waals surface area contributed by atoms with Crippen LogP contribution in [0, 0.1) is 11.8 Å². The number of thiazole rings is 1. The number of nitrogens with one attached hydrogen (secondary N) is 1. The Morgan fingerprint density at radius 2 is 1.76 bits per heavy atom. The van der Waals surface area contributed by atoms with Crippen molar-refractivity contribution in [2.45, 2.75) is 51.3 Å². The van der Waals surface area contributed by atoms with E-state index in [2.05, 4.69) is 15.4 Å². The van der Waals surface area contributed by atoms with Crippen molar-refractivity contribution in [3.8, 4) is 0 Å². The van der Waals surface area contributed by atoms with Gasteiger partial charge in [-0.1, -0.05) is 39.0 Å². The average molecular weight is 455 g/mol. The highest BCUT2D eigenvalue weighted by Crippen LogP contribution is 2.33. The average Bonchev–Trinajstić information content (AvgIpc) is 3.22. The summed E-state index contributed by atoms with van der Waals surface area (Å²) in [6.45, 7) is 8.07. The number of anilines is 1. The fraction of sp³-hybridized carbons (Fsp3) is 0.500. The van der Waals surface area contributed by atoms with Gasteiger partial charge in [-0.15, -0.1) is 23.2 Å². The number of rotatable bonds is 7. The predicted octanol–water partition coefficient (Wildman–Crippen LogP) is 5.53. The van der Waals surface area contributed by atoms with Crippen molar-refractivity contribution in [2.75, 3.05) is 5.32 Å². The third kappa shape index (κ3) is 4.90. The Kier molecular flexibility index (Phi) is 6.81. The van der Waals surface area contributed by atoms with E-state index in [1.165, 1.54) is 16.0 Å². The van der Waals surface area contributed by atoms with Gasteiger partial charge in [-0.3, -0.25) is 9.59 Å². The highest BCUT2D eigenvalue weighted by molar-refractivity contribution is 7.23. The third-order valence-electron chi connectivity index (χ3n) is 4.45. The van der Waals surface area contributed by atoms with E-state index in [1.807, 2.05) is 33.8 Å². The van der Waals surface area contributed by atoms with Crippen molar-refractivity contribution in [2.24, 2.45) is 11.8 Å². The van der Waals surface area contributed by atoms with E-state index < -0.39 is 10.8 Å². The molecule has 0 aliphatic rings. The van der Waals surface area contributed by atoms with Crippen LogP contribution >= 0.6 is 34.5 Å². The van der Waals surface area contributed by atoms with Crippen molar-refractivity contribution in [1.29, 1.82) is 0 Å². The molecule has 0 radical (unpaired) electrons. The summed E-state index contributed by atoms with van der Waals surface area (Å²) in [5, 5.41) is 7.08. The molecular formula is C20H24Cl2N4O2S. The highest BCUT2D eigenvalue weighted by atomic mass is 35.5. The molecule has 1 aromatic carbocycles. The molecule has 0 fully saturated rings. The summed E-state index contributed by atoms with van der Waals surface area (Å²) < 4.78 is 2.20. The van der Waals surface area contributed by atoms with Gasteiger partial charge in [-0.05, 0) is 36.8 Å². The summed E-state index contributed by atoms with van der Waals surface area (Å²) in [6, 6.07) is 3.61. The minimum Gasteiger partial charge on any atom is -0.301 e. The van der Waals surface area contributed by atoms with Crippen LogP contribution in [-0.4, -0.2) is 37.3 Å². The van der Waals surface area contributed by atoms with Crippen LogP contribution in [0.5, 0.6) is 0 Å². The summed E-state index contributed by atoms with van der Waals surface area (Å²) in [7, 11) is 0. The summed E-state index contributed by atoms with van der Waals surface area (Å²) in [4.78, 5) is 29.5. The normalized spacial score (nSPS) is 14.1. The molecule has 0 saturated carbocycles. The topological polar surface area (TPSA) is 76.9 Å². The smallest absolute Gasteiger partial charge is 0.265 e. The van der Waals surface area contributed by atoms with Crippen LogP contribution in [0.15, 0.2) is 18.3 Å². The Labute approximate surface area is 183 Å². The van der Waals surface area contributed by atoms with E-state index in [0.29, 0.717) is 35.3 Å². The van der Waals surface area contributed by atoms with Gasteiger partial charge in [0.05, 0.1) is 21.9 Å². The maximum Gasteiger partial charge on any atom is 0.265 e. The Bertz CT molecular complexity index is 1040. The van der Waals surface area contributed by atoms with Crippen LogP contribution in [0.2, 0.25) is 0 Å². The van der Waals surface area contributed by atoms with Gasteiger partial charge < -0.3 is 5.32 Å². The molecule has 156 valence electrons. The monoisotopic (exact) mass is 454 g/mol. The number of fused-ring (bicyclic) bond motifs is 3. The zero-order chi connectivity index (χ0) is 21.3. The minimum absolute atomic E-state index is 0.244. The molecule has 2 atom stereocenters. The van der Waals surface area contributed by atoms with Gasteiger partial charge in [0.1, 0.15) is 10.8 Å². The van der Waals surface area contributed by atoms with Crippen LogP contribution < -0.4 is 5.32 Å². The molecular weight excluding hydrogens is 431 g/mol. The van der Waals surface area contributed by atoms with Gasteiger partial charge >= 0.3 is 0 Å². The van der Waals surface area contributed by atoms with Gasteiger partial charge in [0.25, 0.3) is 5.91 Å². The van der Waals surface area contributed by atoms with E-state index in [-0.39, 0.29) is 11.8 Å². The van der Waals surface area contributed by atoms with Crippen LogP contribution in [0.25, 0.3) is 21.1 Å². The number of hydrogen-bond acceptors (Lipinski definition) is 5.